The van der Waals surface area contributed by atoms with Crippen LogP contribution in [-0.4, -0.2) is 92.5 Å². The standard InChI is InChI=1S/2C20H19N5OS.C16H21BN2O2.C11H12ClN3S/c2*1-13(2)17-18(23-19(24-20(17)26)16-9-21-12-27-16)15-8-22-25(11-15)10-14-6-4-3-5-7-14;1-15(2)16(3,4)21-17(20-15)14-10-18-19(12-14)11-13-8-6-5-7-9-13;1-6(2)9-7(3)14-11(15-10(9)12)8-4-13-5-16-8/h2*3-9,11-13H,10H2,1-2H3,(H,23,24,26);5-10,12H,11H2,1-4H3;4-6H,1-3H3. The maximum absolute atomic E-state index is 12.7. The van der Waals surface area contributed by atoms with Crippen molar-refractivity contribution >= 4 is 58.2 Å². The molecule has 91 heavy (non-hydrogen) atoms. The van der Waals surface area contributed by atoms with E-state index in [1.807, 2.05) is 128 Å². The molecule has 0 bridgehead atoms. The van der Waals surface area contributed by atoms with Crippen LogP contribution in [0.25, 0.3) is 54.6 Å². The van der Waals surface area contributed by atoms with Gasteiger partial charge in [-0.3, -0.25) is 38.6 Å². The molecule has 3 aromatic carbocycles. The summed E-state index contributed by atoms with van der Waals surface area (Å²) in [5.41, 5.74) is 15.2. The molecule has 0 spiro atoms. The molecule has 0 unspecified atom stereocenters. The zero-order valence-electron chi connectivity index (χ0n) is 52.6. The van der Waals surface area contributed by atoms with Gasteiger partial charge >= 0.3 is 7.12 Å². The van der Waals surface area contributed by atoms with Crippen LogP contribution in [0.5, 0.6) is 0 Å². The highest BCUT2D eigenvalue weighted by Crippen LogP contribution is 2.37. The first-order valence-corrected chi connectivity index (χ1v) is 32.8. The lowest BCUT2D eigenvalue weighted by molar-refractivity contribution is 0.00578. The molecule has 13 rings (SSSR count). The summed E-state index contributed by atoms with van der Waals surface area (Å²) >= 11 is 10.6. The van der Waals surface area contributed by atoms with E-state index in [1.165, 1.54) is 50.7 Å². The van der Waals surface area contributed by atoms with Crippen LogP contribution in [-0.2, 0) is 28.9 Å². The van der Waals surface area contributed by atoms with Crippen molar-refractivity contribution in [1.82, 2.24) is 74.2 Å². The lowest BCUT2D eigenvalue weighted by Gasteiger charge is -2.32. The van der Waals surface area contributed by atoms with Gasteiger partial charge in [0.15, 0.2) is 17.5 Å². The fourth-order valence-electron chi connectivity index (χ4n) is 10.0. The van der Waals surface area contributed by atoms with Crippen LogP contribution < -0.4 is 16.6 Å². The zero-order chi connectivity index (χ0) is 64.4. The number of rotatable bonds is 15. The monoisotopic (exact) mass is 1290 g/mol. The second-order valence-electron chi connectivity index (χ2n) is 23.6. The number of aromatic amines is 2. The third-order valence-corrected chi connectivity index (χ3v) is 17.9. The van der Waals surface area contributed by atoms with Gasteiger partial charge in [-0.05, 0) is 69.1 Å². The molecular weight excluding hydrogens is 1220 g/mol. The molecule has 0 amide bonds. The lowest BCUT2D eigenvalue weighted by atomic mass is 9.82. The summed E-state index contributed by atoms with van der Waals surface area (Å²) in [6.45, 7) is 24.4. The Bertz CT molecular complexity index is 4200. The van der Waals surface area contributed by atoms with Crippen LogP contribution >= 0.6 is 45.6 Å². The Hall–Kier alpha value is -8.71. The van der Waals surface area contributed by atoms with E-state index in [1.54, 1.807) is 47.5 Å². The summed E-state index contributed by atoms with van der Waals surface area (Å²) in [7, 11) is -0.348. The van der Waals surface area contributed by atoms with Gasteiger partial charge in [0.05, 0.1) is 85.8 Å². The quantitative estimate of drug-likeness (QED) is 0.0719. The molecule has 0 atom stereocenters. The van der Waals surface area contributed by atoms with Crippen LogP contribution in [0.2, 0.25) is 5.15 Å². The largest absolute Gasteiger partial charge is 0.498 e. The normalized spacial score (nSPS) is 13.2. The van der Waals surface area contributed by atoms with Crippen molar-refractivity contribution in [1.29, 1.82) is 0 Å². The molecule has 466 valence electrons. The molecule has 0 radical (unpaired) electrons. The minimum atomic E-state index is -0.348. The molecule has 2 N–H and O–H groups in total. The molecular formula is C67H71BClN15O4S3. The van der Waals surface area contributed by atoms with Crippen LogP contribution in [0.15, 0.2) is 173 Å². The SMILES string of the molecule is CC(C)c1c(-c2cnn(Cc3ccccc3)c2)nc(-c2cncs2)[nH]c1=O.CC(C)c1c(-c2cnn(Cc3ccccc3)c2)nc(-c2cncs2)[nH]c1=O.CC1(C)OB(c2cnn(Cc3ccccc3)c2)OC1(C)C.Cc1nc(-c2cncs2)nc(Cl)c1C(C)C. The number of hydrogen-bond donors (Lipinski definition) is 2. The Morgan fingerprint density at radius 2 is 0.890 bits per heavy atom. The van der Waals surface area contributed by atoms with Gasteiger partial charge in [0.2, 0.25) is 0 Å². The van der Waals surface area contributed by atoms with Gasteiger partial charge in [-0.25, -0.2) is 19.9 Å². The number of halogens is 1. The fraction of sp³-hybridized carbons (Fsp3) is 0.284. The number of benzene rings is 3. The number of H-pyrrole nitrogens is 2. The van der Waals surface area contributed by atoms with E-state index in [4.69, 9.17) is 30.9 Å². The van der Waals surface area contributed by atoms with Crippen molar-refractivity contribution < 1.29 is 9.31 Å². The first-order valence-electron chi connectivity index (χ1n) is 29.7. The Morgan fingerprint density at radius 1 is 0.505 bits per heavy atom. The zero-order valence-corrected chi connectivity index (χ0v) is 55.8. The molecule has 9 aromatic heterocycles. The minimum absolute atomic E-state index is 0.0456. The smallest absolute Gasteiger partial charge is 0.399 e. The van der Waals surface area contributed by atoms with E-state index < -0.39 is 0 Å². The average molecular weight is 1290 g/mol. The Labute approximate surface area is 545 Å². The molecule has 1 saturated heterocycles. The second-order valence-corrected chi connectivity index (χ2v) is 26.6. The summed E-state index contributed by atoms with van der Waals surface area (Å²) in [6.07, 6.45) is 16.4. The van der Waals surface area contributed by atoms with Crippen molar-refractivity contribution in [3.63, 3.8) is 0 Å². The summed E-state index contributed by atoms with van der Waals surface area (Å²) in [4.78, 5) is 64.3. The molecule has 24 heteroatoms. The van der Waals surface area contributed by atoms with Gasteiger partial charge < -0.3 is 19.3 Å². The fourth-order valence-corrected chi connectivity index (χ4v) is 12.2. The second kappa shape index (κ2) is 29.1. The molecule has 1 fully saturated rings. The van der Waals surface area contributed by atoms with E-state index in [0.29, 0.717) is 64.1 Å². The molecule has 1 aliphatic heterocycles. The number of thiazole rings is 3. The van der Waals surface area contributed by atoms with Gasteiger partial charge in [0, 0.05) is 82.4 Å². The summed E-state index contributed by atoms with van der Waals surface area (Å²) in [6, 6.07) is 30.6. The Kier molecular flexibility index (Phi) is 20.8. The van der Waals surface area contributed by atoms with Crippen LogP contribution in [0.4, 0.5) is 0 Å². The summed E-state index contributed by atoms with van der Waals surface area (Å²) < 4.78 is 17.7. The predicted molar refractivity (Wildman–Crippen MR) is 364 cm³/mol. The molecule has 12 aromatic rings. The number of nitrogens with zero attached hydrogens (tertiary/aromatic N) is 13. The van der Waals surface area contributed by atoms with E-state index in [9.17, 15) is 9.59 Å². The maximum atomic E-state index is 12.7. The van der Waals surface area contributed by atoms with Gasteiger partial charge in [-0.2, -0.15) is 15.3 Å². The molecule has 10 heterocycles. The number of nitrogens with one attached hydrogen (secondary N) is 2. The van der Waals surface area contributed by atoms with Crippen molar-refractivity contribution in [3.8, 4) is 54.6 Å². The molecule has 1 aliphatic rings. The predicted octanol–water partition coefficient (Wildman–Crippen LogP) is 13.8. The number of hydrogen-bond acceptors (Lipinski definition) is 17. The average Bonchev–Trinajstić information content (AvgIpc) is 1.71. The van der Waals surface area contributed by atoms with Crippen LogP contribution in [0, 0.1) is 6.92 Å². The first kappa shape index (κ1) is 65.3. The topological polar surface area (TPSA) is 228 Å². The number of aromatic nitrogens is 15. The highest BCUT2D eigenvalue weighted by molar-refractivity contribution is 7.13. The molecule has 19 nitrogen and oxygen atoms in total. The Balaban J connectivity index is 0.000000136. The van der Waals surface area contributed by atoms with Gasteiger partial charge in [-0.1, -0.05) is 144 Å². The highest BCUT2D eigenvalue weighted by Gasteiger charge is 2.52. The van der Waals surface area contributed by atoms with E-state index in [0.717, 1.165) is 49.0 Å². The minimum Gasteiger partial charge on any atom is -0.399 e. The van der Waals surface area contributed by atoms with E-state index in [-0.39, 0.29) is 41.3 Å². The Morgan fingerprint density at radius 3 is 1.26 bits per heavy atom. The van der Waals surface area contributed by atoms with Crippen molar-refractivity contribution in [3.05, 3.63) is 228 Å². The van der Waals surface area contributed by atoms with Gasteiger partial charge in [-0.15, -0.1) is 34.0 Å². The van der Waals surface area contributed by atoms with Crippen LogP contribution in [0.3, 0.4) is 0 Å². The van der Waals surface area contributed by atoms with Crippen molar-refractivity contribution in [2.45, 2.75) is 125 Å². The van der Waals surface area contributed by atoms with Gasteiger partial charge in [0.1, 0.15) is 5.15 Å². The first-order chi connectivity index (χ1) is 43.7. The van der Waals surface area contributed by atoms with Crippen molar-refractivity contribution in [2.75, 3.05) is 0 Å². The molecule has 0 aliphatic carbocycles. The lowest BCUT2D eigenvalue weighted by Crippen LogP contribution is -2.41. The van der Waals surface area contributed by atoms with Gasteiger partial charge in [0.25, 0.3) is 11.1 Å². The maximum Gasteiger partial charge on any atom is 0.498 e. The number of aryl methyl sites for hydroxylation is 1. The van der Waals surface area contributed by atoms with Crippen LogP contribution in [0.1, 0.15) is 126 Å². The summed E-state index contributed by atoms with van der Waals surface area (Å²) in [5.74, 6) is 2.17. The highest BCUT2D eigenvalue weighted by atomic mass is 35.5. The van der Waals surface area contributed by atoms with E-state index >= 15 is 0 Å². The third-order valence-electron chi connectivity index (χ3n) is 15.3. The molecule has 0 saturated carbocycles. The summed E-state index contributed by atoms with van der Waals surface area (Å²) in [5, 5.41) is 13.9. The third kappa shape index (κ3) is 16.1. The van der Waals surface area contributed by atoms with Crippen molar-refractivity contribution in [2.24, 2.45) is 0 Å². The van der Waals surface area contributed by atoms with E-state index in [2.05, 4.69) is 128 Å².